The van der Waals surface area contributed by atoms with E-state index in [1.54, 1.807) is 18.2 Å². The van der Waals surface area contributed by atoms with Crippen molar-refractivity contribution in [3.63, 3.8) is 0 Å². The Bertz CT molecular complexity index is 406. The average Bonchev–Trinajstić information content (AvgIpc) is 2.37. The number of hydrogen-bond acceptors (Lipinski definition) is 2. The molecule has 0 aliphatic rings. The molecule has 19 heavy (non-hydrogen) atoms. The minimum Gasteiger partial charge on any atom is -0.314 e. The van der Waals surface area contributed by atoms with Gasteiger partial charge in [0.15, 0.2) is 0 Å². The predicted molar refractivity (Wildman–Crippen MR) is 84.7 cm³/mol. The van der Waals surface area contributed by atoms with E-state index in [1.165, 1.54) is 0 Å². The van der Waals surface area contributed by atoms with Crippen LogP contribution < -0.4 is 5.32 Å². The first kappa shape index (κ1) is 17.0. The number of nitrogens with one attached hydrogen (secondary N) is 1. The third-order valence-corrected chi connectivity index (χ3v) is 5.42. The highest BCUT2D eigenvalue weighted by molar-refractivity contribution is 7.85. The molecule has 1 aromatic rings. The first-order valence-corrected chi connectivity index (χ1v) is 8.73. The number of rotatable bonds is 8. The molecule has 0 saturated heterocycles. The van der Waals surface area contributed by atoms with Crippen LogP contribution in [0.25, 0.3) is 0 Å². The summed E-state index contributed by atoms with van der Waals surface area (Å²) >= 11 is 12.1. The molecule has 0 aliphatic carbocycles. The highest BCUT2D eigenvalue weighted by Crippen LogP contribution is 2.28. The predicted octanol–water partition coefficient (Wildman–Crippen LogP) is 4.27. The van der Waals surface area contributed by atoms with Crippen LogP contribution in [0.4, 0.5) is 0 Å². The van der Waals surface area contributed by atoms with Gasteiger partial charge in [-0.2, -0.15) is 0 Å². The summed E-state index contributed by atoms with van der Waals surface area (Å²) in [5.74, 6) is 0.603. The van der Waals surface area contributed by atoms with Crippen molar-refractivity contribution < 1.29 is 4.21 Å². The molecule has 0 aromatic heterocycles. The quantitative estimate of drug-likeness (QED) is 0.774. The molecule has 0 radical (unpaired) electrons. The standard InChI is InChI=1S/C14H21Cl2NOS/c1-3-11(17-4-2)7-6-10-19(18)14-12(15)8-5-9-13(14)16/h5,8-9,11,17H,3-4,6-7,10H2,1-2H3. The van der Waals surface area contributed by atoms with E-state index in [-0.39, 0.29) is 0 Å². The minimum absolute atomic E-state index is 0.490. The fourth-order valence-electron chi connectivity index (χ4n) is 2.00. The van der Waals surface area contributed by atoms with E-state index in [0.29, 0.717) is 26.7 Å². The second kappa shape index (κ2) is 8.96. The maximum absolute atomic E-state index is 12.2. The molecule has 5 heteroatoms. The number of benzene rings is 1. The van der Waals surface area contributed by atoms with Crippen molar-refractivity contribution in [1.29, 1.82) is 0 Å². The van der Waals surface area contributed by atoms with Gasteiger partial charge in [0.1, 0.15) is 0 Å². The molecular formula is C14H21Cl2NOS. The Morgan fingerprint density at radius 3 is 2.42 bits per heavy atom. The highest BCUT2D eigenvalue weighted by atomic mass is 35.5. The molecule has 2 unspecified atom stereocenters. The summed E-state index contributed by atoms with van der Waals surface area (Å²) in [6.07, 6.45) is 3.02. The Morgan fingerprint density at radius 1 is 1.26 bits per heavy atom. The van der Waals surface area contributed by atoms with Gasteiger partial charge in [-0.3, -0.25) is 4.21 Å². The molecule has 0 bridgehead atoms. The Balaban J connectivity index is 2.52. The highest BCUT2D eigenvalue weighted by Gasteiger charge is 2.13. The zero-order chi connectivity index (χ0) is 14.3. The molecule has 0 aliphatic heterocycles. The van der Waals surface area contributed by atoms with Crippen molar-refractivity contribution in [3.8, 4) is 0 Å². The van der Waals surface area contributed by atoms with Gasteiger partial charge in [-0.25, -0.2) is 0 Å². The largest absolute Gasteiger partial charge is 0.314 e. The van der Waals surface area contributed by atoms with Crippen LogP contribution >= 0.6 is 23.2 Å². The first-order valence-electron chi connectivity index (χ1n) is 6.65. The van der Waals surface area contributed by atoms with E-state index < -0.39 is 10.8 Å². The minimum atomic E-state index is -1.12. The van der Waals surface area contributed by atoms with Crippen molar-refractivity contribution in [2.75, 3.05) is 12.3 Å². The lowest BCUT2D eigenvalue weighted by atomic mass is 10.1. The second-order valence-corrected chi connectivity index (χ2v) is 6.73. The summed E-state index contributed by atoms with van der Waals surface area (Å²) in [4.78, 5) is 0.572. The Morgan fingerprint density at radius 2 is 1.89 bits per heavy atom. The van der Waals surface area contributed by atoms with Gasteiger partial charge in [-0.05, 0) is 37.9 Å². The average molecular weight is 322 g/mol. The van der Waals surface area contributed by atoms with Gasteiger partial charge in [0.25, 0.3) is 0 Å². The van der Waals surface area contributed by atoms with E-state index >= 15 is 0 Å². The van der Waals surface area contributed by atoms with Crippen LogP contribution in [0.5, 0.6) is 0 Å². The SMILES string of the molecule is CCNC(CC)CCCS(=O)c1c(Cl)cccc1Cl. The first-order chi connectivity index (χ1) is 9.10. The summed E-state index contributed by atoms with van der Waals surface area (Å²) in [6, 6.07) is 5.73. The Labute approximate surface area is 128 Å². The van der Waals surface area contributed by atoms with Crippen LogP contribution in [0.15, 0.2) is 23.1 Å². The molecule has 1 aromatic carbocycles. The van der Waals surface area contributed by atoms with Gasteiger partial charge in [0, 0.05) is 11.8 Å². The molecule has 108 valence electrons. The maximum Gasteiger partial charge on any atom is 0.0760 e. The van der Waals surface area contributed by atoms with Gasteiger partial charge in [-0.15, -0.1) is 0 Å². The van der Waals surface area contributed by atoms with Crippen LogP contribution in [0.2, 0.25) is 10.0 Å². The van der Waals surface area contributed by atoms with Crippen LogP contribution in [0, 0.1) is 0 Å². The molecule has 2 nitrogen and oxygen atoms in total. The monoisotopic (exact) mass is 321 g/mol. The van der Waals surface area contributed by atoms with Gasteiger partial charge >= 0.3 is 0 Å². The smallest absolute Gasteiger partial charge is 0.0760 e. The molecule has 1 rings (SSSR count). The summed E-state index contributed by atoms with van der Waals surface area (Å²) in [5.41, 5.74) is 0. The second-order valence-electron chi connectivity index (χ2n) is 4.41. The fraction of sp³-hybridized carbons (Fsp3) is 0.571. The fourth-order valence-corrected chi connectivity index (χ4v) is 4.12. The summed E-state index contributed by atoms with van der Waals surface area (Å²) in [6.45, 7) is 5.23. The molecule has 0 amide bonds. The molecule has 0 fully saturated rings. The van der Waals surface area contributed by atoms with Crippen LogP contribution in [0.3, 0.4) is 0 Å². The zero-order valence-electron chi connectivity index (χ0n) is 11.4. The Hall–Kier alpha value is -0.0900. The van der Waals surface area contributed by atoms with Crippen molar-refractivity contribution in [2.24, 2.45) is 0 Å². The Kier molecular flexibility index (Phi) is 8.00. The third-order valence-electron chi connectivity index (χ3n) is 3.01. The summed E-state index contributed by atoms with van der Waals surface area (Å²) in [5, 5.41) is 4.40. The van der Waals surface area contributed by atoms with Crippen molar-refractivity contribution >= 4 is 34.0 Å². The molecule has 0 saturated carbocycles. The van der Waals surface area contributed by atoms with Gasteiger partial charge in [0.05, 0.1) is 25.7 Å². The van der Waals surface area contributed by atoms with E-state index in [9.17, 15) is 4.21 Å². The topological polar surface area (TPSA) is 29.1 Å². The normalized spacial score (nSPS) is 14.3. The van der Waals surface area contributed by atoms with Crippen molar-refractivity contribution in [2.45, 2.75) is 44.0 Å². The van der Waals surface area contributed by atoms with E-state index in [4.69, 9.17) is 23.2 Å². The van der Waals surface area contributed by atoms with Crippen LogP contribution in [-0.2, 0) is 10.8 Å². The third kappa shape index (κ3) is 5.42. The van der Waals surface area contributed by atoms with Gasteiger partial charge in [0.2, 0.25) is 0 Å². The number of hydrogen-bond donors (Lipinski definition) is 1. The molecular weight excluding hydrogens is 301 g/mol. The lowest BCUT2D eigenvalue weighted by Gasteiger charge is -2.15. The lowest BCUT2D eigenvalue weighted by Crippen LogP contribution is -2.28. The molecule has 0 spiro atoms. The lowest BCUT2D eigenvalue weighted by molar-refractivity contribution is 0.476. The summed E-state index contributed by atoms with van der Waals surface area (Å²) < 4.78 is 12.2. The molecule has 2 atom stereocenters. The maximum atomic E-state index is 12.2. The van der Waals surface area contributed by atoms with Gasteiger partial charge in [-0.1, -0.05) is 43.1 Å². The van der Waals surface area contributed by atoms with E-state index in [2.05, 4.69) is 19.2 Å². The van der Waals surface area contributed by atoms with Crippen molar-refractivity contribution in [1.82, 2.24) is 5.32 Å². The molecule has 1 N–H and O–H groups in total. The zero-order valence-corrected chi connectivity index (χ0v) is 13.7. The van der Waals surface area contributed by atoms with Crippen molar-refractivity contribution in [3.05, 3.63) is 28.2 Å². The van der Waals surface area contributed by atoms with Crippen LogP contribution in [-0.4, -0.2) is 22.5 Å². The number of halogens is 2. The molecule has 0 heterocycles. The van der Waals surface area contributed by atoms with E-state index in [1.807, 2.05) is 0 Å². The summed E-state index contributed by atoms with van der Waals surface area (Å²) in [7, 11) is -1.12. The van der Waals surface area contributed by atoms with E-state index in [0.717, 1.165) is 25.8 Å². The van der Waals surface area contributed by atoms with Gasteiger partial charge < -0.3 is 5.32 Å². The van der Waals surface area contributed by atoms with Crippen LogP contribution in [0.1, 0.15) is 33.1 Å².